The van der Waals surface area contributed by atoms with Gasteiger partial charge in [0.1, 0.15) is 5.82 Å². The van der Waals surface area contributed by atoms with Gasteiger partial charge in [-0.1, -0.05) is 26.2 Å². The first-order chi connectivity index (χ1) is 9.29. The number of unbranched alkanes of at least 4 members (excludes halogenated alkanes) is 3. The van der Waals surface area contributed by atoms with Crippen molar-refractivity contribution in [2.45, 2.75) is 51.5 Å². The Morgan fingerprint density at radius 3 is 2.79 bits per heavy atom. The van der Waals surface area contributed by atoms with Gasteiger partial charge in [0.25, 0.3) is 5.91 Å². The molecule has 1 saturated carbocycles. The molecule has 1 aromatic heterocycles. The van der Waals surface area contributed by atoms with E-state index in [-0.39, 0.29) is 5.91 Å². The Balaban J connectivity index is 1.72. The highest BCUT2D eigenvalue weighted by atomic mass is 16.1. The average molecular weight is 261 g/mol. The summed E-state index contributed by atoms with van der Waals surface area (Å²) in [5, 5.41) is 6.24. The Bertz CT molecular complexity index is 398. The number of anilines is 1. The van der Waals surface area contributed by atoms with Crippen LogP contribution in [-0.4, -0.2) is 23.5 Å². The molecule has 0 unspecified atom stereocenters. The van der Waals surface area contributed by atoms with E-state index in [4.69, 9.17) is 0 Å². The number of amides is 1. The third kappa shape index (κ3) is 4.89. The molecule has 0 aliphatic heterocycles. The molecule has 0 aromatic carbocycles. The van der Waals surface area contributed by atoms with Crippen molar-refractivity contribution in [2.75, 3.05) is 11.9 Å². The molecule has 0 saturated heterocycles. The van der Waals surface area contributed by atoms with Crippen molar-refractivity contribution < 1.29 is 4.79 Å². The number of hydrogen-bond donors (Lipinski definition) is 2. The van der Waals surface area contributed by atoms with Crippen LogP contribution in [0.3, 0.4) is 0 Å². The van der Waals surface area contributed by atoms with Crippen LogP contribution in [0.5, 0.6) is 0 Å². The Morgan fingerprint density at radius 1 is 1.32 bits per heavy atom. The minimum absolute atomic E-state index is 0.0260. The van der Waals surface area contributed by atoms with Gasteiger partial charge in [-0.15, -0.1) is 0 Å². The van der Waals surface area contributed by atoms with Crippen LogP contribution < -0.4 is 10.6 Å². The quantitative estimate of drug-likeness (QED) is 0.707. The summed E-state index contributed by atoms with van der Waals surface area (Å²) in [7, 11) is 0. The standard InChI is InChI=1S/C15H23N3O/c1-2-3-4-5-10-16-15(19)12-6-9-14(17-11-12)18-13-7-8-13/h6,9,11,13H,2-5,7-8,10H2,1H3,(H,16,19)(H,17,18). The van der Waals surface area contributed by atoms with E-state index in [2.05, 4.69) is 22.5 Å². The van der Waals surface area contributed by atoms with Gasteiger partial charge in [0, 0.05) is 18.8 Å². The number of carbonyl (C=O) groups excluding carboxylic acids is 1. The average Bonchev–Trinajstić information content (AvgIpc) is 3.23. The summed E-state index contributed by atoms with van der Waals surface area (Å²) in [5.41, 5.74) is 0.636. The second-order valence-corrected chi connectivity index (χ2v) is 5.17. The fourth-order valence-corrected chi connectivity index (χ4v) is 1.91. The minimum atomic E-state index is -0.0260. The molecular weight excluding hydrogens is 238 g/mol. The summed E-state index contributed by atoms with van der Waals surface area (Å²) in [6, 6.07) is 4.30. The van der Waals surface area contributed by atoms with Crippen molar-refractivity contribution in [3.05, 3.63) is 23.9 Å². The number of rotatable bonds is 8. The zero-order chi connectivity index (χ0) is 13.5. The molecule has 0 bridgehead atoms. The first-order valence-electron chi connectivity index (χ1n) is 7.30. The molecule has 4 heteroatoms. The van der Waals surface area contributed by atoms with Crippen LogP contribution in [-0.2, 0) is 0 Å². The van der Waals surface area contributed by atoms with E-state index in [1.54, 1.807) is 6.20 Å². The Morgan fingerprint density at radius 2 is 2.16 bits per heavy atom. The molecule has 0 spiro atoms. The van der Waals surface area contributed by atoms with Crippen molar-refractivity contribution in [3.63, 3.8) is 0 Å². The summed E-state index contributed by atoms with van der Waals surface area (Å²) >= 11 is 0. The van der Waals surface area contributed by atoms with Crippen molar-refractivity contribution in [2.24, 2.45) is 0 Å². The second-order valence-electron chi connectivity index (χ2n) is 5.17. The predicted molar refractivity (Wildman–Crippen MR) is 77.4 cm³/mol. The number of nitrogens with zero attached hydrogens (tertiary/aromatic N) is 1. The second kappa shape index (κ2) is 7.12. The number of carbonyl (C=O) groups is 1. The van der Waals surface area contributed by atoms with Crippen LogP contribution in [0, 0.1) is 0 Å². The largest absolute Gasteiger partial charge is 0.367 e. The van der Waals surface area contributed by atoms with E-state index in [9.17, 15) is 4.79 Å². The normalized spacial score (nSPS) is 14.2. The van der Waals surface area contributed by atoms with Gasteiger partial charge < -0.3 is 10.6 Å². The van der Waals surface area contributed by atoms with E-state index in [1.165, 1.54) is 32.1 Å². The summed E-state index contributed by atoms with van der Waals surface area (Å²) in [6.45, 7) is 2.93. The van der Waals surface area contributed by atoms with Crippen LogP contribution in [0.25, 0.3) is 0 Å². The highest BCUT2D eigenvalue weighted by molar-refractivity contribution is 5.94. The Hall–Kier alpha value is -1.58. The summed E-state index contributed by atoms with van der Waals surface area (Å²) < 4.78 is 0. The molecule has 0 radical (unpaired) electrons. The molecule has 19 heavy (non-hydrogen) atoms. The monoisotopic (exact) mass is 261 g/mol. The maximum atomic E-state index is 11.9. The zero-order valence-corrected chi connectivity index (χ0v) is 11.6. The van der Waals surface area contributed by atoms with Gasteiger partial charge in [-0.3, -0.25) is 4.79 Å². The fraction of sp³-hybridized carbons (Fsp3) is 0.600. The number of hydrogen-bond acceptors (Lipinski definition) is 3. The van der Waals surface area contributed by atoms with E-state index in [0.29, 0.717) is 11.6 Å². The molecule has 1 aliphatic carbocycles. The maximum Gasteiger partial charge on any atom is 0.252 e. The van der Waals surface area contributed by atoms with Gasteiger partial charge in [0.2, 0.25) is 0 Å². The van der Waals surface area contributed by atoms with E-state index in [0.717, 1.165) is 18.8 Å². The molecule has 104 valence electrons. The molecule has 2 rings (SSSR count). The molecule has 1 aromatic rings. The highest BCUT2D eigenvalue weighted by Gasteiger charge is 2.21. The van der Waals surface area contributed by atoms with Gasteiger partial charge in [0.05, 0.1) is 5.56 Å². The van der Waals surface area contributed by atoms with Crippen molar-refractivity contribution in [3.8, 4) is 0 Å². The Labute approximate surface area is 115 Å². The predicted octanol–water partition coefficient (Wildman–Crippen LogP) is 2.97. The lowest BCUT2D eigenvalue weighted by Crippen LogP contribution is -2.24. The number of nitrogens with one attached hydrogen (secondary N) is 2. The Kier molecular flexibility index (Phi) is 5.19. The molecule has 1 heterocycles. The van der Waals surface area contributed by atoms with Crippen LogP contribution in [0.2, 0.25) is 0 Å². The first kappa shape index (κ1) is 13.8. The van der Waals surface area contributed by atoms with Crippen molar-refractivity contribution in [1.29, 1.82) is 0 Å². The summed E-state index contributed by atoms with van der Waals surface area (Å²) in [5.74, 6) is 0.837. The molecule has 1 fully saturated rings. The maximum absolute atomic E-state index is 11.9. The van der Waals surface area contributed by atoms with Gasteiger partial charge in [0.15, 0.2) is 0 Å². The van der Waals surface area contributed by atoms with Gasteiger partial charge >= 0.3 is 0 Å². The van der Waals surface area contributed by atoms with Crippen LogP contribution in [0.15, 0.2) is 18.3 Å². The van der Waals surface area contributed by atoms with Gasteiger partial charge in [-0.2, -0.15) is 0 Å². The van der Waals surface area contributed by atoms with Gasteiger partial charge in [-0.05, 0) is 31.4 Å². The lowest BCUT2D eigenvalue weighted by molar-refractivity contribution is 0.0952. The third-order valence-corrected chi connectivity index (χ3v) is 3.27. The van der Waals surface area contributed by atoms with E-state index >= 15 is 0 Å². The van der Waals surface area contributed by atoms with Crippen molar-refractivity contribution >= 4 is 11.7 Å². The number of pyridine rings is 1. The van der Waals surface area contributed by atoms with Crippen LogP contribution in [0.4, 0.5) is 5.82 Å². The van der Waals surface area contributed by atoms with Crippen molar-refractivity contribution in [1.82, 2.24) is 10.3 Å². The smallest absolute Gasteiger partial charge is 0.252 e. The first-order valence-corrected chi connectivity index (χ1v) is 7.30. The summed E-state index contributed by atoms with van der Waals surface area (Å²) in [6.07, 6.45) is 8.77. The van der Waals surface area contributed by atoms with E-state index in [1.807, 2.05) is 12.1 Å². The van der Waals surface area contributed by atoms with Gasteiger partial charge in [-0.25, -0.2) is 4.98 Å². The van der Waals surface area contributed by atoms with E-state index < -0.39 is 0 Å². The fourth-order valence-electron chi connectivity index (χ4n) is 1.91. The molecule has 1 aliphatic rings. The van der Waals surface area contributed by atoms with Crippen LogP contribution >= 0.6 is 0 Å². The molecule has 1 amide bonds. The molecular formula is C15H23N3O. The minimum Gasteiger partial charge on any atom is -0.367 e. The summed E-state index contributed by atoms with van der Waals surface area (Å²) in [4.78, 5) is 16.1. The lowest BCUT2D eigenvalue weighted by Gasteiger charge is -2.06. The number of aromatic nitrogens is 1. The lowest BCUT2D eigenvalue weighted by atomic mass is 10.2. The topological polar surface area (TPSA) is 54.0 Å². The van der Waals surface area contributed by atoms with Crippen LogP contribution in [0.1, 0.15) is 55.8 Å². The zero-order valence-electron chi connectivity index (χ0n) is 11.6. The third-order valence-electron chi connectivity index (χ3n) is 3.27. The molecule has 4 nitrogen and oxygen atoms in total. The SMILES string of the molecule is CCCCCCNC(=O)c1ccc(NC2CC2)nc1. The molecule has 2 N–H and O–H groups in total. The molecule has 0 atom stereocenters. The highest BCUT2D eigenvalue weighted by Crippen LogP contribution is 2.23.